The molecule has 2 fully saturated rings. The molecule has 1 aliphatic heterocycles. The molecule has 0 spiro atoms. The molecule has 2 aliphatic rings. The summed E-state index contributed by atoms with van der Waals surface area (Å²) >= 11 is 0. The minimum atomic E-state index is -2.92. The molecule has 1 saturated carbocycles. The molecule has 1 amide bonds. The number of hydrogen-bond acceptors (Lipinski definition) is 4. The van der Waals surface area contributed by atoms with Crippen molar-refractivity contribution in [1.29, 1.82) is 0 Å². The monoisotopic (exact) mass is 232 g/mol. The third-order valence-corrected chi connectivity index (χ3v) is 4.91. The molecule has 1 aliphatic carbocycles. The first-order valence-corrected chi connectivity index (χ1v) is 7.04. The molecule has 86 valence electrons. The molecule has 0 aromatic rings. The van der Waals surface area contributed by atoms with E-state index in [4.69, 9.17) is 5.73 Å². The molecule has 2 N–H and O–H groups in total. The van der Waals surface area contributed by atoms with Crippen molar-refractivity contribution < 1.29 is 13.2 Å². The third-order valence-electron chi connectivity index (χ3n) is 3.30. The highest BCUT2D eigenvalue weighted by Gasteiger charge is 2.43. The number of nitrogens with zero attached hydrogens (tertiary/aromatic N) is 1. The van der Waals surface area contributed by atoms with Crippen molar-refractivity contribution in [2.75, 3.05) is 24.6 Å². The second-order valence-corrected chi connectivity index (χ2v) is 6.76. The molecule has 2 rings (SSSR count). The topological polar surface area (TPSA) is 80.5 Å². The number of carbonyl (C=O) groups excluding carboxylic acids is 1. The molecule has 1 saturated heterocycles. The summed E-state index contributed by atoms with van der Waals surface area (Å²) in [5.41, 5.74) is 5.21. The number of sulfone groups is 1. The Morgan fingerprint density at radius 2 is 1.73 bits per heavy atom. The minimum Gasteiger partial charge on any atom is -0.339 e. The molecule has 15 heavy (non-hydrogen) atoms. The van der Waals surface area contributed by atoms with Crippen LogP contribution in [0.15, 0.2) is 0 Å². The fourth-order valence-electron chi connectivity index (χ4n) is 2.00. The zero-order chi connectivity index (χ0) is 11.1. The Hall–Kier alpha value is -0.620. The van der Waals surface area contributed by atoms with E-state index in [2.05, 4.69) is 0 Å². The fourth-order valence-corrected chi connectivity index (χ4v) is 3.20. The Bertz CT molecular complexity index is 359. The van der Waals surface area contributed by atoms with Crippen molar-refractivity contribution in [2.24, 2.45) is 5.73 Å². The van der Waals surface area contributed by atoms with E-state index in [-0.39, 0.29) is 17.4 Å². The van der Waals surface area contributed by atoms with Gasteiger partial charge in [-0.2, -0.15) is 0 Å². The van der Waals surface area contributed by atoms with Crippen molar-refractivity contribution in [1.82, 2.24) is 4.90 Å². The van der Waals surface area contributed by atoms with Crippen molar-refractivity contribution in [3.63, 3.8) is 0 Å². The first kappa shape index (κ1) is 10.9. The molecule has 0 atom stereocenters. The van der Waals surface area contributed by atoms with Crippen LogP contribution in [-0.4, -0.2) is 49.4 Å². The molecule has 6 heteroatoms. The lowest BCUT2D eigenvalue weighted by molar-refractivity contribution is -0.139. The fraction of sp³-hybridized carbons (Fsp3) is 0.889. The lowest BCUT2D eigenvalue weighted by atomic mass is 9.76. The Morgan fingerprint density at radius 3 is 2.13 bits per heavy atom. The summed E-state index contributed by atoms with van der Waals surface area (Å²) < 4.78 is 22.4. The summed E-state index contributed by atoms with van der Waals surface area (Å²) in [5, 5.41) is 0. The van der Waals surface area contributed by atoms with E-state index in [1.807, 2.05) is 0 Å². The highest BCUT2D eigenvalue weighted by atomic mass is 32.2. The van der Waals surface area contributed by atoms with Gasteiger partial charge in [0.05, 0.1) is 17.0 Å². The zero-order valence-corrected chi connectivity index (χ0v) is 9.42. The molecule has 0 aromatic heterocycles. The van der Waals surface area contributed by atoms with Crippen molar-refractivity contribution in [3.05, 3.63) is 0 Å². The van der Waals surface area contributed by atoms with Gasteiger partial charge in [0.25, 0.3) is 0 Å². The van der Waals surface area contributed by atoms with Crippen LogP contribution in [-0.2, 0) is 14.6 Å². The van der Waals surface area contributed by atoms with Gasteiger partial charge in [-0.25, -0.2) is 8.42 Å². The van der Waals surface area contributed by atoms with Gasteiger partial charge >= 0.3 is 0 Å². The van der Waals surface area contributed by atoms with Gasteiger partial charge in [-0.1, -0.05) is 0 Å². The van der Waals surface area contributed by atoms with E-state index < -0.39 is 15.4 Å². The number of rotatable bonds is 1. The van der Waals surface area contributed by atoms with E-state index >= 15 is 0 Å². The number of hydrogen-bond donors (Lipinski definition) is 1. The second kappa shape index (κ2) is 3.45. The van der Waals surface area contributed by atoms with Crippen LogP contribution >= 0.6 is 0 Å². The van der Waals surface area contributed by atoms with Gasteiger partial charge in [-0.05, 0) is 19.3 Å². The van der Waals surface area contributed by atoms with Gasteiger partial charge in [0.1, 0.15) is 0 Å². The number of carbonyl (C=O) groups is 1. The molecular weight excluding hydrogens is 216 g/mol. The number of amides is 1. The molecule has 0 unspecified atom stereocenters. The Kier molecular flexibility index (Phi) is 2.50. The SMILES string of the molecule is NC1(C(=O)N2CCS(=O)(=O)CC2)CCC1. The molecule has 0 radical (unpaired) electrons. The second-order valence-electron chi connectivity index (χ2n) is 4.45. The maximum atomic E-state index is 11.9. The average molecular weight is 232 g/mol. The first-order valence-electron chi connectivity index (χ1n) is 5.22. The highest BCUT2D eigenvalue weighted by molar-refractivity contribution is 7.91. The molecule has 1 heterocycles. The predicted molar refractivity (Wildman–Crippen MR) is 56.0 cm³/mol. The summed E-state index contributed by atoms with van der Waals surface area (Å²) in [6, 6.07) is 0. The van der Waals surface area contributed by atoms with Crippen LogP contribution in [0, 0.1) is 0 Å². The van der Waals surface area contributed by atoms with E-state index in [1.54, 1.807) is 4.90 Å². The lowest BCUT2D eigenvalue weighted by Crippen LogP contribution is -2.61. The quantitative estimate of drug-likeness (QED) is 0.637. The van der Waals surface area contributed by atoms with Crippen LogP contribution in [0.25, 0.3) is 0 Å². The van der Waals surface area contributed by atoms with Crippen LogP contribution in [0.3, 0.4) is 0 Å². The average Bonchev–Trinajstić information content (AvgIpc) is 2.13. The molecule has 0 bridgehead atoms. The minimum absolute atomic E-state index is 0.0661. The summed E-state index contributed by atoms with van der Waals surface area (Å²) in [6.45, 7) is 0.611. The van der Waals surface area contributed by atoms with Gasteiger partial charge in [0, 0.05) is 13.1 Å². The van der Waals surface area contributed by atoms with Crippen LogP contribution in [0.5, 0.6) is 0 Å². The summed E-state index contributed by atoms with van der Waals surface area (Å²) in [4.78, 5) is 13.5. The molecule has 0 aromatic carbocycles. The molecule has 5 nitrogen and oxygen atoms in total. The molecular formula is C9H16N2O3S. The van der Waals surface area contributed by atoms with Crippen molar-refractivity contribution in [3.8, 4) is 0 Å². The van der Waals surface area contributed by atoms with Gasteiger partial charge in [0.15, 0.2) is 9.84 Å². The summed E-state index contributed by atoms with van der Waals surface area (Å²) in [6.07, 6.45) is 2.46. The van der Waals surface area contributed by atoms with Crippen LogP contribution in [0.4, 0.5) is 0 Å². The van der Waals surface area contributed by atoms with E-state index in [1.165, 1.54) is 0 Å². The maximum absolute atomic E-state index is 11.9. The van der Waals surface area contributed by atoms with Gasteiger partial charge in [-0.15, -0.1) is 0 Å². The standard InChI is InChI=1S/C9H16N2O3S/c10-9(2-1-3-9)8(12)11-4-6-15(13,14)7-5-11/h1-7,10H2. The van der Waals surface area contributed by atoms with Gasteiger partial charge in [0.2, 0.25) is 5.91 Å². The Balaban J connectivity index is 1.99. The highest BCUT2D eigenvalue weighted by Crippen LogP contribution is 2.31. The normalized spacial score (nSPS) is 28.2. The first-order chi connectivity index (χ1) is 6.93. The van der Waals surface area contributed by atoms with Crippen LogP contribution in [0.1, 0.15) is 19.3 Å². The van der Waals surface area contributed by atoms with Crippen molar-refractivity contribution in [2.45, 2.75) is 24.8 Å². The van der Waals surface area contributed by atoms with Gasteiger partial charge in [-0.3, -0.25) is 4.79 Å². The maximum Gasteiger partial charge on any atom is 0.242 e. The smallest absolute Gasteiger partial charge is 0.242 e. The number of nitrogens with two attached hydrogens (primary N) is 1. The van der Waals surface area contributed by atoms with Crippen LogP contribution < -0.4 is 5.73 Å². The van der Waals surface area contributed by atoms with E-state index in [9.17, 15) is 13.2 Å². The third kappa shape index (κ3) is 2.01. The predicted octanol–water partition coefficient (Wildman–Crippen LogP) is -0.875. The summed E-state index contributed by atoms with van der Waals surface area (Å²) in [7, 11) is -2.92. The lowest BCUT2D eigenvalue weighted by Gasteiger charge is -2.41. The summed E-state index contributed by atoms with van der Waals surface area (Å²) in [5.74, 6) is 0.0903. The van der Waals surface area contributed by atoms with E-state index in [0.29, 0.717) is 13.1 Å². The van der Waals surface area contributed by atoms with Crippen molar-refractivity contribution >= 4 is 15.7 Å². The van der Waals surface area contributed by atoms with E-state index in [0.717, 1.165) is 19.3 Å². The largest absolute Gasteiger partial charge is 0.339 e. The van der Waals surface area contributed by atoms with Crippen LogP contribution in [0.2, 0.25) is 0 Å². The Morgan fingerprint density at radius 1 is 1.20 bits per heavy atom. The zero-order valence-electron chi connectivity index (χ0n) is 8.61. The Labute approximate surface area is 89.5 Å². The van der Waals surface area contributed by atoms with Gasteiger partial charge < -0.3 is 10.6 Å².